The highest BCUT2D eigenvalue weighted by molar-refractivity contribution is 5.29. The van der Waals surface area contributed by atoms with Gasteiger partial charge in [0.25, 0.3) is 0 Å². The van der Waals surface area contributed by atoms with Gasteiger partial charge in [0.2, 0.25) is 5.95 Å². The van der Waals surface area contributed by atoms with Crippen LogP contribution in [0.3, 0.4) is 0 Å². The second kappa shape index (κ2) is 5.31. The zero-order valence-electron chi connectivity index (χ0n) is 9.70. The van der Waals surface area contributed by atoms with Crippen LogP contribution in [-0.2, 0) is 6.18 Å². The quantitative estimate of drug-likeness (QED) is 0.880. The minimum Gasteiger partial charge on any atom is -0.344 e. The van der Waals surface area contributed by atoms with Gasteiger partial charge in [0, 0.05) is 25.8 Å². The Kier molecular flexibility index (Phi) is 4.28. The highest BCUT2D eigenvalue weighted by atomic mass is 19.4. The first-order valence-corrected chi connectivity index (χ1v) is 5.17. The Morgan fingerprint density at radius 2 is 2.12 bits per heavy atom. The number of hydrogen-bond acceptors (Lipinski definition) is 4. The third-order valence-electron chi connectivity index (χ3n) is 2.19. The van der Waals surface area contributed by atoms with Gasteiger partial charge in [0.05, 0.1) is 0 Å². The Morgan fingerprint density at radius 1 is 1.47 bits per heavy atom. The summed E-state index contributed by atoms with van der Waals surface area (Å²) in [6, 6.07) is 0.839. The maximum atomic E-state index is 12.4. The van der Waals surface area contributed by atoms with Crippen molar-refractivity contribution >= 4 is 5.95 Å². The summed E-state index contributed by atoms with van der Waals surface area (Å²) in [4.78, 5) is 8.83. The molecule has 2 N–H and O–H groups in total. The fourth-order valence-corrected chi connectivity index (χ4v) is 1.19. The van der Waals surface area contributed by atoms with E-state index in [1.165, 1.54) is 0 Å². The molecular formula is C10H15F3N4. The summed E-state index contributed by atoms with van der Waals surface area (Å²) in [5, 5.41) is 0. The van der Waals surface area contributed by atoms with Gasteiger partial charge < -0.3 is 10.6 Å². The maximum Gasteiger partial charge on any atom is 0.433 e. The predicted octanol–water partition coefficient (Wildman–Crippen LogP) is 1.67. The summed E-state index contributed by atoms with van der Waals surface area (Å²) in [5.41, 5.74) is 4.64. The van der Waals surface area contributed by atoms with Crippen LogP contribution in [0, 0.1) is 0 Å². The minimum absolute atomic E-state index is 0.0109. The van der Waals surface area contributed by atoms with Gasteiger partial charge in [-0.1, -0.05) is 0 Å². The standard InChI is InChI=1S/C10H15F3N4/c1-7(14)4-6-17(2)9-15-5-3-8(16-9)10(11,12)13/h3,5,7H,4,6,14H2,1-2H3. The van der Waals surface area contributed by atoms with Crippen molar-refractivity contribution in [3.05, 3.63) is 18.0 Å². The summed E-state index contributed by atoms with van der Waals surface area (Å²) in [6.45, 7) is 2.35. The van der Waals surface area contributed by atoms with Crippen molar-refractivity contribution in [2.24, 2.45) is 5.73 Å². The lowest BCUT2D eigenvalue weighted by Crippen LogP contribution is -2.27. The van der Waals surface area contributed by atoms with Crippen molar-refractivity contribution in [2.75, 3.05) is 18.5 Å². The first-order chi connectivity index (χ1) is 7.80. The van der Waals surface area contributed by atoms with E-state index >= 15 is 0 Å². The van der Waals surface area contributed by atoms with Crippen LogP contribution in [-0.4, -0.2) is 29.6 Å². The van der Waals surface area contributed by atoms with Crippen LogP contribution in [0.1, 0.15) is 19.0 Å². The van der Waals surface area contributed by atoms with Crippen molar-refractivity contribution in [3.8, 4) is 0 Å². The number of rotatable bonds is 4. The molecule has 17 heavy (non-hydrogen) atoms. The molecule has 0 spiro atoms. The SMILES string of the molecule is CC(N)CCN(C)c1nccc(C(F)(F)F)n1. The highest BCUT2D eigenvalue weighted by Gasteiger charge is 2.33. The fourth-order valence-electron chi connectivity index (χ4n) is 1.19. The van der Waals surface area contributed by atoms with Gasteiger partial charge in [-0.15, -0.1) is 0 Å². The van der Waals surface area contributed by atoms with E-state index in [1.54, 1.807) is 11.9 Å². The normalized spacial score (nSPS) is 13.5. The molecule has 1 atom stereocenters. The number of anilines is 1. The average molecular weight is 248 g/mol. The Labute approximate surface area is 97.7 Å². The zero-order chi connectivity index (χ0) is 13.1. The van der Waals surface area contributed by atoms with Crippen LogP contribution >= 0.6 is 0 Å². The van der Waals surface area contributed by atoms with E-state index in [-0.39, 0.29) is 12.0 Å². The molecule has 1 unspecified atom stereocenters. The van der Waals surface area contributed by atoms with Crippen molar-refractivity contribution in [3.63, 3.8) is 0 Å². The van der Waals surface area contributed by atoms with Gasteiger partial charge in [-0.25, -0.2) is 9.97 Å². The summed E-state index contributed by atoms with van der Waals surface area (Å²) in [5.74, 6) is 0.0560. The van der Waals surface area contributed by atoms with Gasteiger partial charge in [0.1, 0.15) is 5.69 Å². The van der Waals surface area contributed by atoms with Crippen molar-refractivity contribution in [1.29, 1.82) is 0 Å². The molecule has 0 fully saturated rings. The van der Waals surface area contributed by atoms with Crippen LogP contribution < -0.4 is 10.6 Å². The summed E-state index contributed by atoms with van der Waals surface area (Å²) in [6.07, 6.45) is -2.68. The molecule has 1 rings (SSSR count). The zero-order valence-corrected chi connectivity index (χ0v) is 9.70. The molecular weight excluding hydrogens is 233 g/mol. The first kappa shape index (κ1) is 13.7. The van der Waals surface area contributed by atoms with Crippen LogP contribution in [0.15, 0.2) is 12.3 Å². The monoisotopic (exact) mass is 248 g/mol. The van der Waals surface area contributed by atoms with Gasteiger partial charge in [0.15, 0.2) is 0 Å². The van der Waals surface area contributed by atoms with Crippen molar-refractivity contribution in [1.82, 2.24) is 9.97 Å². The number of halogens is 3. The molecule has 0 radical (unpaired) electrons. The Morgan fingerprint density at radius 3 is 2.65 bits per heavy atom. The van der Waals surface area contributed by atoms with Gasteiger partial charge in [-0.3, -0.25) is 0 Å². The van der Waals surface area contributed by atoms with E-state index in [0.29, 0.717) is 13.0 Å². The second-order valence-corrected chi connectivity index (χ2v) is 3.93. The summed E-state index contributed by atoms with van der Waals surface area (Å²) >= 11 is 0. The number of alkyl halides is 3. The number of hydrogen-bond donors (Lipinski definition) is 1. The molecule has 7 heteroatoms. The third kappa shape index (κ3) is 4.18. The van der Waals surface area contributed by atoms with Gasteiger partial charge >= 0.3 is 6.18 Å². The molecule has 1 aromatic rings. The molecule has 0 aliphatic heterocycles. The average Bonchev–Trinajstić information content (AvgIpc) is 2.25. The topological polar surface area (TPSA) is 55.0 Å². The van der Waals surface area contributed by atoms with E-state index in [9.17, 15) is 13.2 Å². The number of nitrogens with zero attached hydrogens (tertiary/aromatic N) is 3. The predicted molar refractivity (Wildman–Crippen MR) is 58.6 cm³/mol. The Balaban J connectivity index is 2.77. The fraction of sp³-hybridized carbons (Fsp3) is 0.600. The van der Waals surface area contributed by atoms with Gasteiger partial charge in [-0.05, 0) is 19.4 Å². The number of aromatic nitrogens is 2. The van der Waals surface area contributed by atoms with Crippen LogP contribution in [0.25, 0.3) is 0 Å². The van der Waals surface area contributed by atoms with Crippen molar-refractivity contribution < 1.29 is 13.2 Å². The smallest absolute Gasteiger partial charge is 0.344 e. The van der Waals surface area contributed by atoms with E-state index < -0.39 is 11.9 Å². The molecule has 1 aromatic heterocycles. The maximum absolute atomic E-state index is 12.4. The number of nitrogens with two attached hydrogens (primary N) is 1. The Hall–Kier alpha value is -1.37. The molecule has 96 valence electrons. The van der Waals surface area contributed by atoms with Gasteiger partial charge in [-0.2, -0.15) is 13.2 Å². The third-order valence-corrected chi connectivity index (χ3v) is 2.19. The molecule has 0 amide bonds. The summed E-state index contributed by atoms with van der Waals surface area (Å²) in [7, 11) is 1.64. The molecule has 0 saturated heterocycles. The summed E-state index contributed by atoms with van der Waals surface area (Å²) < 4.78 is 37.2. The largest absolute Gasteiger partial charge is 0.433 e. The van der Waals surface area contributed by atoms with E-state index in [1.807, 2.05) is 6.92 Å². The molecule has 0 aliphatic rings. The lowest BCUT2D eigenvalue weighted by molar-refractivity contribution is -0.141. The van der Waals surface area contributed by atoms with Crippen LogP contribution in [0.2, 0.25) is 0 Å². The molecule has 1 heterocycles. The highest BCUT2D eigenvalue weighted by Crippen LogP contribution is 2.27. The Bertz CT molecular complexity index is 365. The van der Waals surface area contributed by atoms with Crippen molar-refractivity contribution in [2.45, 2.75) is 25.6 Å². The minimum atomic E-state index is -4.44. The second-order valence-electron chi connectivity index (χ2n) is 3.93. The molecule has 0 bridgehead atoms. The van der Waals surface area contributed by atoms with Crippen LogP contribution in [0.4, 0.5) is 19.1 Å². The first-order valence-electron chi connectivity index (χ1n) is 5.17. The lowest BCUT2D eigenvalue weighted by Gasteiger charge is -2.18. The van der Waals surface area contributed by atoms with Crippen LogP contribution in [0.5, 0.6) is 0 Å². The lowest BCUT2D eigenvalue weighted by atomic mass is 10.2. The van der Waals surface area contributed by atoms with E-state index in [4.69, 9.17) is 5.73 Å². The molecule has 0 aromatic carbocycles. The molecule has 0 aliphatic carbocycles. The van der Waals surface area contributed by atoms with E-state index in [0.717, 1.165) is 12.3 Å². The van der Waals surface area contributed by atoms with E-state index in [2.05, 4.69) is 9.97 Å². The molecule has 4 nitrogen and oxygen atoms in total. The molecule has 0 saturated carbocycles.